The molecule has 1 amide bonds. The number of rotatable bonds is 10. The summed E-state index contributed by atoms with van der Waals surface area (Å²) in [7, 11) is 0. The summed E-state index contributed by atoms with van der Waals surface area (Å²) >= 11 is 1.46. The molecule has 0 spiro atoms. The molecule has 6 nitrogen and oxygen atoms in total. The number of likely N-dealkylation sites (tertiary alicyclic amines) is 1. The molecule has 1 aliphatic heterocycles. The number of hydrogen-bond donors (Lipinski definition) is 1. The molecule has 7 heteroatoms. The molecule has 1 unspecified atom stereocenters. The van der Waals surface area contributed by atoms with Crippen LogP contribution in [0.1, 0.15) is 69.0 Å². The average molecular weight is 472 g/mol. The number of aliphatic hydroxyl groups excluding tert-OH is 1. The largest absolute Gasteiger partial charge is 0.507 e. The molecule has 0 radical (unpaired) electrons. The molecule has 1 fully saturated rings. The number of nitrogens with zero attached hydrogens (tertiary/aromatic N) is 1. The van der Waals surface area contributed by atoms with Gasteiger partial charge in [0, 0.05) is 23.6 Å². The molecular weight excluding hydrogens is 438 g/mol. The fraction of sp³-hybridized carbons (Fsp3) is 0.462. The maximum absolute atomic E-state index is 13.1. The van der Waals surface area contributed by atoms with Crippen LogP contribution in [0.2, 0.25) is 0 Å². The summed E-state index contributed by atoms with van der Waals surface area (Å²) in [5.41, 5.74) is 1.57. The van der Waals surface area contributed by atoms with E-state index in [2.05, 4.69) is 0 Å². The Labute approximate surface area is 199 Å². The normalized spacial score (nSPS) is 18.0. The quantitative estimate of drug-likeness (QED) is 0.214. The van der Waals surface area contributed by atoms with E-state index in [-0.39, 0.29) is 23.4 Å². The van der Waals surface area contributed by atoms with Gasteiger partial charge in [-0.2, -0.15) is 0 Å². The van der Waals surface area contributed by atoms with E-state index in [9.17, 15) is 14.7 Å². The molecule has 3 rings (SSSR count). The zero-order valence-electron chi connectivity index (χ0n) is 20.0. The lowest BCUT2D eigenvalue weighted by Crippen LogP contribution is -2.31. The van der Waals surface area contributed by atoms with Gasteiger partial charge in [0.25, 0.3) is 11.7 Å². The average Bonchev–Trinajstić information content (AvgIpc) is 3.38. The number of carbonyl (C=O) groups excluding carboxylic acids is 2. The molecule has 0 saturated carbocycles. The van der Waals surface area contributed by atoms with Gasteiger partial charge in [0.2, 0.25) is 0 Å². The lowest BCUT2D eigenvalue weighted by Gasteiger charge is -2.24. The van der Waals surface area contributed by atoms with Gasteiger partial charge < -0.3 is 19.5 Å². The Balaban J connectivity index is 2.02. The molecule has 178 valence electrons. The number of hydrogen-bond acceptors (Lipinski definition) is 6. The molecule has 1 aromatic heterocycles. The summed E-state index contributed by atoms with van der Waals surface area (Å²) in [6, 6.07) is 8.56. The summed E-state index contributed by atoms with van der Waals surface area (Å²) in [6.07, 6.45) is 0.705. The van der Waals surface area contributed by atoms with Crippen LogP contribution in [0.25, 0.3) is 5.76 Å². The SMILES string of the molecule is CCOc1ccc(/C(O)=C2/C(=O)C(=O)N(CCCOC(C)C)C2c2cccs2)cc1C(C)C. The van der Waals surface area contributed by atoms with Crippen LogP contribution in [0.15, 0.2) is 41.3 Å². The van der Waals surface area contributed by atoms with E-state index in [0.29, 0.717) is 31.7 Å². The van der Waals surface area contributed by atoms with Crippen LogP contribution >= 0.6 is 11.3 Å². The first-order valence-corrected chi connectivity index (χ1v) is 12.3. The Bertz CT molecular complexity index is 1010. The van der Waals surface area contributed by atoms with Crippen molar-refractivity contribution in [2.75, 3.05) is 19.8 Å². The number of aliphatic hydroxyl groups is 1. The number of amides is 1. The Kier molecular flexibility index (Phi) is 8.32. The highest BCUT2D eigenvalue weighted by atomic mass is 32.1. The fourth-order valence-corrected chi connectivity index (χ4v) is 4.84. The molecule has 2 heterocycles. The first-order chi connectivity index (χ1) is 15.8. The molecule has 1 atom stereocenters. The molecule has 1 saturated heterocycles. The third kappa shape index (κ3) is 5.47. The molecular formula is C26H33NO5S. The summed E-state index contributed by atoms with van der Waals surface area (Å²) in [6.45, 7) is 11.3. The van der Waals surface area contributed by atoms with E-state index in [0.717, 1.165) is 16.2 Å². The number of benzene rings is 1. The molecule has 33 heavy (non-hydrogen) atoms. The van der Waals surface area contributed by atoms with Crippen molar-refractivity contribution in [3.63, 3.8) is 0 Å². The van der Waals surface area contributed by atoms with Gasteiger partial charge in [-0.05, 0) is 68.3 Å². The first kappa shape index (κ1) is 25.0. The zero-order chi connectivity index (χ0) is 24.1. The van der Waals surface area contributed by atoms with Gasteiger partial charge in [-0.15, -0.1) is 11.3 Å². The number of carbonyl (C=O) groups is 2. The van der Waals surface area contributed by atoms with Gasteiger partial charge in [-0.3, -0.25) is 9.59 Å². The Morgan fingerprint density at radius 1 is 1.18 bits per heavy atom. The predicted molar refractivity (Wildman–Crippen MR) is 131 cm³/mol. The van der Waals surface area contributed by atoms with Gasteiger partial charge >= 0.3 is 0 Å². The van der Waals surface area contributed by atoms with Crippen molar-refractivity contribution in [2.24, 2.45) is 0 Å². The molecule has 2 aromatic rings. The summed E-state index contributed by atoms with van der Waals surface area (Å²) < 4.78 is 11.3. The van der Waals surface area contributed by atoms with E-state index in [4.69, 9.17) is 9.47 Å². The number of ether oxygens (including phenoxy) is 2. The second kappa shape index (κ2) is 11.0. The fourth-order valence-electron chi connectivity index (χ4n) is 4.00. The highest BCUT2D eigenvalue weighted by Crippen LogP contribution is 2.41. The van der Waals surface area contributed by atoms with Crippen molar-refractivity contribution < 1.29 is 24.2 Å². The van der Waals surface area contributed by atoms with Crippen LogP contribution in [0, 0.1) is 0 Å². The summed E-state index contributed by atoms with van der Waals surface area (Å²) in [4.78, 5) is 28.5. The Morgan fingerprint density at radius 3 is 2.55 bits per heavy atom. The van der Waals surface area contributed by atoms with E-state index in [1.807, 2.05) is 64.3 Å². The van der Waals surface area contributed by atoms with Crippen LogP contribution in [0.3, 0.4) is 0 Å². The van der Waals surface area contributed by atoms with Crippen molar-refractivity contribution in [1.29, 1.82) is 0 Å². The van der Waals surface area contributed by atoms with E-state index < -0.39 is 17.7 Å². The van der Waals surface area contributed by atoms with Crippen molar-refractivity contribution in [1.82, 2.24) is 4.90 Å². The molecule has 0 aliphatic carbocycles. The van der Waals surface area contributed by atoms with Gasteiger partial charge in [0.15, 0.2) is 0 Å². The third-order valence-corrected chi connectivity index (χ3v) is 6.48. The van der Waals surface area contributed by atoms with Crippen LogP contribution in [-0.4, -0.2) is 47.6 Å². The minimum absolute atomic E-state index is 0.100. The first-order valence-electron chi connectivity index (χ1n) is 11.5. The van der Waals surface area contributed by atoms with E-state index >= 15 is 0 Å². The maximum atomic E-state index is 13.1. The third-order valence-electron chi connectivity index (χ3n) is 5.55. The molecule has 1 N–H and O–H groups in total. The highest BCUT2D eigenvalue weighted by molar-refractivity contribution is 7.10. The smallest absolute Gasteiger partial charge is 0.295 e. The molecule has 1 aromatic carbocycles. The zero-order valence-corrected chi connectivity index (χ0v) is 20.8. The number of Topliss-reactive ketones (excluding diaryl/α,β-unsaturated/α-hetero) is 1. The lowest BCUT2D eigenvalue weighted by molar-refractivity contribution is -0.140. The predicted octanol–water partition coefficient (Wildman–Crippen LogP) is 5.51. The van der Waals surface area contributed by atoms with Crippen molar-refractivity contribution in [3.8, 4) is 5.75 Å². The van der Waals surface area contributed by atoms with Gasteiger partial charge in [0.05, 0.1) is 24.3 Å². The maximum Gasteiger partial charge on any atom is 0.295 e. The minimum Gasteiger partial charge on any atom is -0.507 e. The highest BCUT2D eigenvalue weighted by Gasteiger charge is 2.46. The van der Waals surface area contributed by atoms with Crippen LogP contribution in [0.5, 0.6) is 5.75 Å². The van der Waals surface area contributed by atoms with Crippen molar-refractivity contribution >= 4 is 28.8 Å². The lowest BCUT2D eigenvalue weighted by atomic mass is 9.95. The van der Waals surface area contributed by atoms with Gasteiger partial charge in [0.1, 0.15) is 11.5 Å². The summed E-state index contributed by atoms with van der Waals surface area (Å²) in [5, 5.41) is 13.2. The monoisotopic (exact) mass is 471 g/mol. The van der Waals surface area contributed by atoms with Crippen LogP contribution in [0.4, 0.5) is 0 Å². The molecule has 1 aliphatic rings. The Morgan fingerprint density at radius 2 is 1.94 bits per heavy atom. The van der Waals surface area contributed by atoms with Crippen LogP contribution in [-0.2, 0) is 14.3 Å². The van der Waals surface area contributed by atoms with Crippen molar-refractivity contribution in [2.45, 2.75) is 59.1 Å². The van der Waals surface area contributed by atoms with Crippen LogP contribution < -0.4 is 4.74 Å². The van der Waals surface area contributed by atoms with E-state index in [1.54, 1.807) is 11.0 Å². The second-order valence-corrected chi connectivity index (χ2v) is 9.60. The van der Waals surface area contributed by atoms with Crippen molar-refractivity contribution in [3.05, 3.63) is 57.3 Å². The van der Waals surface area contributed by atoms with Gasteiger partial charge in [-0.25, -0.2) is 0 Å². The van der Waals surface area contributed by atoms with Gasteiger partial charge in [-0.1, -0.05) is 19.9 Å². The Hall–Kier alpha value is -2.64. The van der Waals surface area contributed by atoms with E-state index in [1.165, 1.54) is 11.3 Å². The topological polar surface area (TPSA) is 76.1 Å². The minimum atomic E-state index is -0.657. The second-order valence-electron chi connectivity index (χ2n) is 8.62. The standard InChI is InChI=1S/C26H33NO5S/c1-6-31-20-11-10-18(15-19(20)16(2)3)24(28)22-23(21-9-7-14-33-21)27(26(30)25(22)29)12-8-13-32-17(4)5/h7,9-11,14-17,23,28H,6,8,12-13H2,1-5H3/b24-22-. The molecule has 0 bridgehead atoms. The number of thiophene rings is 1. The number of ketones is 1. The summed E-state index contributed by atoms with van der Waals surface area (Å²) in [5.74, 6) is -0.483.